The standard InChI is InChI=1S/C33H44N4O6/c1-19-26(18-38)37-17-27(19)42-29-24(34-23-14-13-22(41-5)15-25(23)35-29)10-8-6-7-9-21-16-33(21,20-11-12-20)43-31(40)36-28(30(37)39)32(2,3)4/h13-15,18-21,26-28H,6-12,16-17H2,1-5H3,(H,36,40)/t19-,21+,26+,27-,28+,33-/m0/s1. The van der Waals surface area contributed by atoms with Gasteiger partial charge in [-0.3, -0.25) is 4.79 Å². The van der Waals surface area contributed by atoms with Gasteiger partial charge in [0.25, 0.3) is 0 Å². The number of nitrogens with zero attached hydrogens (tertiary/aromatic N) is 3. The van der Waals surface area contributed by atoms with Crippen molar-refractivity contribution in [3.8, 4) is 11.6 Å². The maximum atomic E-state index is 14.1. The number of aldehydes is 1. The molecule has 2 saturated carbocycles. The third-order valence-corrected chi connectivity index (χ3v) is 9.94. The lowest BCUT2D eigenvalue weighted by Gasteiger charge is -2.35. The third kappa shape index (κ3) is 5.77. The molecule has 1 saturated heterocycles. The molecule has 2 bridgehead atoms. The Hall–Kier alpha value is -3.43. The number of carbonyl (C=O) groups is 3. The quantitative estimate of drug-likeness (QED) is 0.502. The summed E-state index contributed by atoms with van der Waals surface area (Å²) in [4.78, 5) is 51.2. The Kier molecular flexibility index (Phi) is 7.75. The average molecular weight is 593 g/mol. The minimum atomic E-state index is -0.871. The first kappa shape index (κ1) is 29.6. The van der Waals surface area contributed by atoms with Gasteiger partial charge in [0.1, 0.15) is 35.5 Å². The van der Waals surface area contributed by atoms with Crippen molar-refractivity contribution in [1.29, 1.82) is 0 Å². The molecule has 10 nitrogen and oxygen atoms in total. The van der Waals surface area contributed by atoms with Gasteiger partial charge in [0.2, 0.25) is 11.8 Å². The van der Waals surface area contributed by atoms with Crippen molar-refractivity contribution >= 4 is 29.3 Å². The highest BCUT2D eigenvalue weighted by atomic mass is 16.6. The molecule has 6 atom stereocenters. The van der Waals surface area contributed by atoms with E-state index in [0.29, 0.717) is 35.4 Å². The Morgan fingerprint density at radius 3 is 2.56 bits per heavy atom. The number of hydrogen-bond acceptors (Lipinski definition) is 8. The molecule has 3 heterocycles. The first-order chi connectivity index (χ1) is 20.5. The van der Waals surface area contributed by atoms with Crippen LogP contribution in [0.2, 0.25) is 0 Å². The molecule has 2 aliphatic carbocycles. The van der Waals surface area contributed by atoms with Gasteiger partial charge in [0.05, 0.1) is 30.7 Å². The van der Waals surface area contributed by atoms with E-state index >= 15 is 0 Å². The van der Waals surface area contributed by atoms with E-state index in [1.54, 1.807) is 12.0 Å². The van der Waals surface area contributed by atoms with Crippen molar-refractivity contribution in [2.24, 2.45) is 23.2 Å². The number of amides is 2. The van der Waals surface area contributed by atoms with E-state index in [1.165, 1.54) is 0 Å². The van der Waals surface area contributed by atoms with Gasteiger partial charge in [-0.25, -0.2) is 14.8 Å². The highest BCUT2D eigenvalue weighted by molar-refractivity contribution is 5.89. The molecule has 1 aromatic heterocycles. The van der Waals surface area contributed by atoms with Gasteiger partial charge in [-0.1, -0.05) is 40.5 Å². The summed E-state index contributed by atoms with van der Waals surface area (Å²) in [5.74, 6) is 1.25. The molecule has 4 aliphatic rings. The van der Waals surface area contributed by atoms with E-state index in [-0.39, 0.29) is 18.4 Å². The Balaban J connectivity index is 1.34. The number of benzene rings is 1. The topological polar surface area (TPSA) is 120 Å². The Labute approximate surface area is 253 Å². The number of aryl methyl sites for hydroxylation is 1. The van der Waals surface area contributed by atoms with E-state index in [9.17, 15) is 14.4 Å². The van der Waals surface area contributed by atoms with Crippen LogP contribution in [0.15, 0.2) is 18.2 Å². The highest BCUT2D eigenvalue weighted by Crippen LogP contribution is 2.62. The first-order valence-corrected chi connectivity index (χ1v) is 15.8. The SMILES string of the molecule is COc1ccc2nc3c(nc2c1)O[C@H]1CN(C(=O)[C@H](C(C)(C)C)NC(=O)O[C@]2(C4CC4)C[C@H]2CCCCC3)[C@H](C=O)[C@@H]1C. The van der Waals surface area contributed by atoms with Crippen molar-refractivity contribution in [3.63, 3.8) is 0 Å². The molecule has 2 amide bonds. The number of nitrogens with one attached hydrogen (secondary N) is 1. The molecule has 2 aromatic rings. The van der Waals surface area contributed by atoms with E-state index in [2.05, 4.69) is 5.32 Å². The summed E-state index contributed by atoms with van der Waals surface area (Å²) >= 11 is 0. The number of aromatic nitrogens is 2. The van der Waals surface area contributed by atoms with Crippen LogP contribution in [0, 0.1) is 23.2 Å². The first-order valence-electron chi connectivity index (χ1n) is 15.8. The maximum Gasteiger partial charge on any atom is 0.408 e. The van der Waals surface area contributed by atoms with E-state index in [4.69, 9.17) is 24.2 Å². The zero-order valence-corrected chi connectivity index (χ0v) is 25.9. The summed E-state index contributed by atoms with van der Waals surface area (Å²) in [6, 6.07) is 4.03. The Bertz CT molecular complexity index is 1400. The van der Waals surface area contributed by atoms with Crippen LogP contribution in [0.25, 0.3) is 11.0 Å². The number of carbonyl (C=O) groups excluding carboxylic acids is 3. The van der Waals surface area contributed by atoms with Gasteiger partial charge in [-0.15, -0.1) is 0 Å². The fraction of sp³-hybridized carbons (Fsp3) is 0.667. The molecular weight excluding hydrogens is 548 g/mol. The number of alkyl carbamates (subject to hydrolysis) is 1. The minimum Gasteiger partial charge on any atom is -0.497 e. The third-order valence-electron chi connectivity index (χ3n) is 9.94. The second-order valence-corrected chi connectivity index (χ2v) is 14.0. The summed E-state index contributed by atoms with van der Waals surface area (Å²) in [7, 11) is 1.61. The van der Waals surface area contributed by atoms with Crippen LogP contribution in [-0.2, 0) is 20.7 Å². The van der Waals surface area contributed by atoms with Crippen LogP contribution >= 0.6 is 0 Å². The molecule has 0 radical (unpaired) electrons. The zero-order chi connectivity index (χ0) is 30.5. The van der Waals surface area contributed by atoms with Crippen LogP contribution in [-0.4, -0.2) is 70.6 Å². The minimum absolute atomic E-state index is 0.193. The predicted molar refractivity (Wildman–Crippen MR) is 160 cm³/mol. The van der Waals surface area contributed by atoms with Crippen molar-refractivity contribution in [2.45, 2.75) is 103 Å². The molecule has 6 rings (SSSR count). The van der Waals surface area contributed by atoms with Gasteiger partial charge >= 0.3 is 6.09 Å². The van der Waals surface area contributed by atoms with Crippen LogP contribution in [0.1, 0.15) is 78.3 Å². The molecule has 3 fully saturated rings. The van der Waals surface area contributed by atoms with Crippen molar-refractivity contribution in [2.75, 3.05) is 13.7 Å². The molecule has 0 spiro atoms. The van der Waals surface area contributed by atoms with Gasteiger partial charge in [-0.2, -0.15) is 0 Å². The number of fused-ring (bicyclic) bond motifs is 5. The van der Waals surface area contributed by atoms with E-state index in [1.807, 2.05) is 45.9 Å². The summed E-state index contributed by atoms with van der Waals surface area (Å²) in [6.45, 7) is 7.84. The van der Waals surface area contributed by atoms with Gasteiger partial charge < -0.3 is 29.2 Å². The van der Waals surface area contributed by atoms with Crippen LogP contribution < -0.4 is 14.8 Å². The smallest absolute Gasteiger partial charge is 0.408 e. The second kappa shape index (κ2) is 11.2. The maximum absolute atomic E-state index is 14.1. The summed E-state index contributed by atoms with van der Waals surface area (Å²) < 4.78 is 18.1. The molecule has 10 heteroatoms. The number of rotatable bonds is 3. The number of methoxy groups -OCH3 is 1. The van der Waals surface area contributed by atoms with Gasteiger partial charge in [0.15, 0.2) is 0 Å². The summed E-state index contributed by atoms with van der Waals surface area (Å²) in [5.41, 5.74) is 1.18. The summed E-state index contributed by atoms with van der Waals surface area (Å²) in [5, 5.41) is 2.92. The van der Waals surface area contributed by atoms with Crippen LogP contribution in [0.5, 0.6) is 11.6 Å². The van der Waals surface area contributed by atoms with Crippen LogP contribution in [0.3, 0.4) is 0 Å². The fourth-order valence-electron chi connectivity index (χ4n) is 7.09. The molecule has 1 N–H and O–H groups in total. The zero-order valence-electron chi connectivity index (χ0n) is 25.9. The van der Waals surface area contributed by atoms with Crippen molar-refractivity contribution in [3.05, 3.63) is 23.9 Å². The van der Waals surface area contributed by atoms with Crippen molar-refractivity contribution in [1.82, 2.24) is 20.2 Å². The number of ether oxygens (including phenoxy) is 3. The second-order valence-electron chi connectivity index (χ2n) is 14.0. The molecule has 1 aromatic carbocycles. The molecule has 0 unspecified atom stereocenters. The molecule has 43 heavy (non-hydrogen) atoms. The van der Waals surface area contributed by atoms with Crippen molar-refractivity contribution < 1.29 is 28.6 Å². The molecule has 232 valence electrons. The van der Waals surface area contributed by atoms with E-state index in [0.717, 1.165) is 62.4 Å². The Morgan fingerprint density at radius 2 is 1.86 bits per heavy atom. The Morgan fingerprint density at radius 1 is 1.07 bits per heavy atom. The predicted octanol–water partition coefficient (Wildman–Crippen LogP) is 4.86. The van der Waals surface area contributed by atoms with E-state index < -0.39 is 35.3 Å². The fourth-order valence-corrected chi connectivity index (χ4v) is 7.09. The van der Waals surface area contributed by atoms with Crippen LogP contribution in [0.4, 0.5) is 4.79 Å². The summed E-state index contributed by atoms with van der Waals surface area (Å²) in [6.07, 6.45) is 7.52. The number of hydrogen-bond donors (Lipinski definition) is 1. The van der Waals surface area contributed by atoms with Gasteiger partial charge in [0, 0.05) is 17.9 Å². The lowest BCUT2D eigenvalue weighted by Crippen LogP contribution is -2.57. The lowest BCUT2D eigenvalue weighted by atomic mass is 9.85. The molecular formula is C33H44N4O6. The normalized spacial score (nSPS) is 31.9. The monoisotopic (exact) mass is 592 g/mol. The highest BCUT2D eigenvalue weighted by Gasteiger charge is 2.65. The lowest BCUT2D eigenvalue weighted by molar-refractivity contribution is -0.139. The van der Waals surface area contributed by atoms with Gasteiger partial charge in [-0.05, 0) is 62.0 Å². The average Bonchev–Trinajstić information content (AvgIpc) is 3.89. The molecule has 2 aliphatic heterocycles. The largest absolute Gasteiger partial charge is 0.497 e.